The minimum atomic E-state index is 0.0945. The predicted octanol–water partition coefficient (Wildman–Crippen LogP) is 4.72. The van der Waals surface area contributed by atoms with Crippen molar-refractivity contribution in [1.29, 1.82) is 0 Å². The van der Waals surface area contributed by atoms with E-state index in [4.69, 9.17) is 12.2 Å². The number of aromatic nitrogens is 2. The third-order valence-electron chi connectivity index (χ3n) is 2.63. The van der Waals surface area contributed by atoms with Crippen LogP contribution >= 0.6 is 39.5 Å². The van der Waals surface area contributed by atoms with E-state index in [1.165, 1.54) is 10.6 Å². The molecular formula is C12H15BrN2S2. The second kappa shape index (κ2) is 4.71. The Labute approximate surface area is 119 Å². The molecule has 0 unspecified atom stereocenters. The Morgan fingerprint density at radius 2 is 2.18 bits per heavy atom. The molecule has 0 radical (unpaired) electrons. The molecule has 0 amide bonds. The molecule has 2 aromatic rings. The van der Waals surface area contributed by atoms with Gasteiger partial charge >= 0.3 is 0 Å². The molecule has 0 atom stereocenters. The molecule has 0 saturated carbocycles. The summed E-state index contributed by atoms with van der Waals surface area (Å²) in [5.41, 5.74) is 1.33. The van der Waals surface area contributed by atoms with E-state index in [0.717, 1.165) is 15.8 Å². The van der Waals surface area contributed by atoms with Crippen molar-refractivity contribution in [3.05, 3.63) is 37.5 Å². The van der Waals surface area contributed by atoms with E-state index in [9.17, 15) is 0 Å². The third kappa shape index (κ3) is 2.72. The maximum absolute atomic E-state index is 5.35. The molecule has 2 aromatic heterocycles. The molecule has 0 aliphatic rings. The Bertz CT molecular complexity index is 572. The second-order valence-electron chi connectivity index (χ2n) is 5.01. The van der Waals surface area contributed by atoms with Gasteiger partial charge < -0.3 is 9.55 Å². The maximum Gasteiger partial charge on any atom is 0.177 e. The van der Waals surface area contributed by atoms with Crippen molar-refractivity contribution in [1.82, 2.24) is 9.55 Å². The Hall–Kier alpha value is -0.390. The largest absolute Gasteiger partial charge is 0.337 e. The van der Waals surface area contributed by atoms with Crippen LogP contribution in [0.4, 0.5) is 0 Å². The summed E-state index contributed by atoms with van der Waals surface area (Å²) in [6.45, 7) is 7.42. The summed E-state index contributed by atoms with van der Waals surface area (Å²) in [6, 6.07) is 2.08. The van der Waals surface area contributed by atoms with Gasteiger partial charge in [-0.15, -0.1) is 11.3 Å². The van der Waals surface area contributed by atoms with Crippen LogP contribution in [0.2, 0.25) is 0 Å². The molecule has 2 heterocycles. The fourth-order valence-electron chi connectivity index (χ4n) is 1.76. The summed E-state index contributed by atoms with van der Waals surface area (Å²) < 4.78 is 4.12. The molecule has 0 bridgehead atoms. The van der Waals surface area contributed by atoms with E-state index in [1.54, 1.807) is 11.3 Å². The van der Waals surface area contributed by atoms with Crippen molar-refractivity contribution >= 4 is 39.5 Å². The lowest BCUT2D eigenvalue weighted by Gasteiger charge is -2.20. The number of hydrogen-bond donors (Lipinski definition) is 1. The maximum atomic E-state index is 5.35. The average molecular weight is 331 g/mol. The van der Waals surface area contributed by atoms with Gasteiger partial charge in [0.2, 0.25) is 0 Å². The highest BCUT2D eigenvalue weighted by molar-refractivity contribution is 9.10. The number of rotatable bonds is 2. The summed E-state index contributed by atoms with van der Waals surface area (Å²) >= 11 is 10.7. The van der Waals surface area contributed by atoms with E-state index < -0.39 is 0 Å². The van der Waals surface area contributed by atoms with Gasteiger partial charge in [0, 0.05) is 26.7 Å². The SMILES string of the molecule is CC(C)(C)c1c[nH]c(=S)n1Cc1sccc1Br. The fraction of sp³-hybridized carbons (Fsp3) is 0.417. The van der Waals surface area contributed by atoms with Gasteiger partial charge in [0.25, 0.3) is 0 Å². The number of hydrogen-bond acceptors (Lipinski definition) is 2. The number of imidazole rings is 1. The van der Waals surface area contributed by atoms with E-state index in [0.29, 0.717) is 0 Å². The summed E-state index contributed by atoms with van der Waals surface area (Å²) in [5.74, 6) is 0. The Morgan fingerprint density at radius 1 is 1.47 bits per heavy atom. The van der Waals surface area contributed by atoms with Gasteiger partial charge in [0.05, 0.1) is 6.54 Å². The summed E-state index contributed by atoms with van der Waals surface area (Å²) in [5, 5.41) is 2.09. The lowest BCUT2D eigenvalue weighted by molar-refractivity contribution is 0.530. The first-order chi connectivity index (χ1) is 7.89. The highest BCUT2D eigenvalue weighted by Gasteiger charge is 2.19. The summed E-state index contributed by atoms with van der Waals surface area (Å²) in [4.78, 5) is 4.44. The van der Waals surface area contributed by atoms with Crippen LogP contribution < -0.4 is 0 Å². The Balaban J connectivity index is 2.43. The first-order valence-corrected chi connectivity index (χ1v) is 7.48. The van der Waals surface area contributed by atoms with Crippen LogP contribution in [0.25, 0.3) is 0 Å². The number of aromatic amines is 1. The van der Waals surface area contributed by atoms with Crippen molar-refractivity contribution in [3.63, 3.8) is 0 Å². The third-order valence-corrected chi connectivity index (χ3v) is 4.88. The monoisotopic (exact) mass is 330 g/mol. The van der Waals surface area contributed by atoms with Crippen molar-refractivity contribution in [3.8, 4) is 0 Å². The lowest BCUT2D eigenvalue weighted by atomic mass is 9.92. The molecule has 0 saturated heterocycles. The van der Waals surface area contributed by atoms with Crippen LogP contribution in [-0.2, 0) is 12.0 Å². The number of nitrogens with one attached hydrogen (secondary N) is 1. The van der Waals surface area contributed by atoms with Gasteiger partial charge in [-0.1, -0.05) is 20.8 Å². The number of halogens is 1. The predicted molar refractivity (Wildman–Crippen MR) is 79.4 cm³/mol. The molecule has 92 valence electrons. The number of H-pyrrole nitrogens is 1. The highest BCUT2D eigenvalue weighted by Crippen LogP contribution is 2.27. The zero-order valence-corrected chi connectivity index (χ0v) is 13.3. The van der Waals surface area contributed by atoms with Crippen molar-refractivity contribution in [2.24, 2.45) is 0 Å². The van der Waals surface area contributed by atoms with Crippen LogP contribution in [0, 0.1) is 4.77 Å². The molecule has 0 aromatic carbocycles. The average Bonchev–Trinajstić information content (AvgIpc) is 2.75. The lowest BCUT2D eigenvalue weighted by Crippen LogP contribution is -2.18. The summed E-state index contributed by atoms with van der Waals surface area (Å²) in [7, 11) is 0. The van der Waals surface area contributed by atoms with E-state index in [2.05, 4.69) is 57.7 Å². The van der Waals surface area contributed by atoms with Crippen LogP contribution in [-0.4, -0.2) is 9.55 Å². The Morgan fingerprint density at radius 3 is 2.71 bits per heavy atom. The van der Waals surface area contributed by atoms with Gasteiger partial charge in [-0.05, 0) is 39.6 Å². The quantitative estimate of drug-likeness (QED) is 0.790. The first-order valence-electron chi connectivity index (χ1n) is 5.40. The Kier molecular flexibility index (Phi) is 3.61. The van der Waals surface area contributed by atoms with Crippen LogP contribution in [0.1, 0.15) is 31.3 Å². The zero-order chi connectivity index (χ0) is 12.6. The van der Waals surface area contributed by atoms with Gasteiger partial charge in [-0.3, -0.25) is 0 Å². The molecular weight excluding hydrogens is 316 g/mol. The molecule has 2 rings (SSSR count). The normalized spacial score (nSPS) is 12.0. The molecule has 2 nitrogen and oxygen atoms in total. The fourth-order valence-corrected chi connectivity index (χ4v) is 3.44. The highest BCUT2D eigenvalue weighted by atomic mass is 79.9. The standard InChI is InChI=1S/C12H15BrN2S2/c1-12(2,3)10-6-14-11(16)15(10)7-9-8(13)4-5-17-9/h4-6H,7H2,1-3H3,(H,14,16). The van der Waals surface area contributed by atoms with Crippen molar-refractivity contribution in [2.45, 2.75) is 32.7 Å². The second-order valence-corrected chi connectivity index (χ2v) is 7.25. The molecule has 0 aliphatic carbocycles. The smallest absolute Gasteiger partial charge is 0.177 e. The van der Waals surface area contributed by atoms with Crippen molar-refractivity contribution < 1.29 is 0 Å². The van der Waals surface area contributed by atoms with Gasteiger partial charge in [-0.2, -0.15) is 0 Å². The topological polar surface area (TPSA) is 20.7 Å². The molecule has 17 heavy (non-hydrogen) atoms. The van der Waals surface area contributed by atoms with Crippen LogP contribution in [0.3, 0.4) is 0 Å². The van der Waals surface area contributed by atoms with E-state index in [-0.39, 0.29) is 5.41 Å². The van der Waals surface area contributed by atoms with Crippen LogP contribution in [0.5, 0.6) is 0 Å². The minimum Gasteiger partial charge on any atom is -0.337 e. The molecule has 1 N–H and O–H groups in total. The first kappa shape index (κ1) is 13.1. The molecule has 0 spiro atoms. The van der Waals surface area contributed by atoms with Gasteiger partial charge in [0.1, 0.15) is 0 Å². The molecule has 0 fully saturated rings. The summed E-state index contributed by atoms with van der Waals surface area (Å²) in [6.07, 6.45) is 2.02. The van der Waals surface area contributed by atoms with Crippen LogP contribution in [0.15, 0.2) is 22.1 Å². The number of thiophene rings is 1. The van der Waals surface area contributed by atoms with Crippen molar-refractivity contribution in [2.75, 3.05) is 0 Å². The minimum absolute atomic E-state index is 0.0945. The molecule has 5 heteroatoms. The van der Waals surface area contributed by atoms with Gasteiger partial charge in [0.15, 0.2) is 4.77 Å². The van der Waals surface area contributed by atoms with E-state index in [1.807, 2.05) is 6.20 Å². The van der Waals surface area contributed by atoms with Gasteiger partial charge in [-0.25, -0.2) is 0 Å². The van der Waals surface area contributed by atoms with E-state index >= 15 is 0 Å². The molecule has 0 aliphatic heterocycles. The number of nitrogens with zero attached hydrogens (tertiary/aromatic N) is 1. The zero-order valence-electron chi connectivity index (χ0n) is 10.1.